The lowest BCUT2D eigenvalue weighted by Gasteiger charge is -2.62. The quantitative estimate of drug-likeness (QED) is 0.325. The van der Waals surface area contributed by atoms with Crippen LogP contribution in [0.15, 0.2) is 12.7 Å². The van der Waals surface area contributed by atoms with Crippen molar-refractivity contribution in [2.75, 3.05) is 45.9 Å². The Hall–Kier alpha value is -0.950. The molecule has 0 aromatic heterocycles. The van der Waals surface area contributed by atoms with Crippen molar-refractivity contribution in [1.82, 2.24) is 4.90 Å². The van der Waals surface area contributed by atoms with Gasteiger partial charge < -0.3 is 19.1 Å². The molecule has 6 nitrogen and oxygen atoms in total. The molecule has 6 rings (SSSR count). The van der Waals surface area contributed by atoms with E-state index < -0.39 is 0 Å². The highest BCUT2D eigenvalue weighted by Gasteiger charge is 2.67. The molecule has 2 heterocycles. The topological polar surface area (TPSA) is 59.0 Å². The molecule has 1 N–H and O–H groups in total. The highest BCUT2D eigenvalue weighted by molar-refractivity contribution is 5.66. The third kappa shape index (κ3) is 4.23. The first-order valence-corrected chi connectivity index (χ1v) is 15.9. The lowest BCUT2D eigenvalue weighted by Crippen LogP contribution is -2.61. The van der Waals surface area contributed by atoms with Crippen LogP contribution >= 0.6 is 0 Å². The van der Waals surface area contributed by atoms with Gasteiger partial charge in [-0.15, -0.1) is 0 Å². The summed E-state index contributed by atoms with van der Waals surface area (Å²) in [4.78, 5) is 15.0. The van der Waals surface area contributed by atoms with Crippen molar-refractivity contribution in [1.29, 1.82) is 0 Å². The average Bonchev–Trinajstić information content (AvgIpc) is 3.48. The number of likely N-dealkylation sites (tertiary alicyclic amines) is 1. The summed E-state index contributed by atoms with van der Waals surface area (Å²) in [5.41, 5.74) is 0.343. The van der Waals surface area contributed by atoms with E-state index in [4.69, 9.17) is 9.47 Å². The Morgan fingerprint density at radius 3 is 2.53 bits per heavy atom. The van der Waals surface area contributed by atoms with Crippen molar-refractivity contribution in [2.45, 2.75) is 103 Å². The van der Waals surface area contributed by atoms with Crippen LogP contribution in [0, 0.1) is 34.5 Å². The number of nitrogens with zero attached hydrogens (tertiary/aromatic N) is 2. The van der Waals surface area contributed by atoms with Gasteiger partial charge >= 0.3 is 5.97 Å². The molecule has 0 amide bonds. The maximum Gasteiger partial charge on any atom is 0.303 e. The summed E-state index contributed by atoms with van der Waals surface area (Å²) in [6, 6.07) is 0.663. The van der Waals surface area contributed by atoms with Crippen molar-refractivity contribution in [3.8, 4) is 0 Å². The minimum atomic E-state index is -0.209. The lowest BCUT2D eigenvalue weighted by atomic mass is 9.44. The molecule has 6 heteroatoms. The van der Waals surface area contributed by atoms with Gasteiger partial charge in [-0.25, -0.2) is 0 Å². The van der Waals surface area contributed by atoms with Gasteiger partial charge in [0.2, 0.25) is 0 Å². The van der Waals surface area contributed by atoms with Crippen molar-refractivity contribution in [3.63, 3.8) is 0 Å². The fraction of sp³-hybridized carbons (Fsp3) is 0.906. The SMILES string of the molecule is C=CC[N+]1([C@@H]2C[C@H]3[C@@H]4CC[C@H]5C[C@H](O)[C@@H](N6CCOCC6)C[C@]5(C)[C@H]4CC[C@]3(C)[C@H]2OC(C)=O)CCCC1. The number of hydrogen-bond donors (Lipinski definition) is 1. The fourth-order valence-electron chi connectivity index (χ4n) is 11.3. The van der Waals surface area contributed by atoms with Gasteiger partial charge in [0.1, 0.15) is 6.04 Å². The smallest absolute Gasteiger partial charge is 0.303 e. The molecule has 0 aromatic rings. The third-order valence-electron chi connectivity index (χ3n) is 13.1. The van der Waals surface area contributed by atoms with Crippen LogP contribution in [0.2, 0.25) is 0 Å². The van der Waals surface area contributed by atoms with E-state index in [-0.39, 0.29) is 35.0 Å². The zero-order valence-corrected chi connectivity index (χ0v) is 24.3. The summed E-state index contributed by atoms with van der Waals surface area (Å²) < 4.78 is 13.1. The molecule has 6 fully saturated rings. The largest absolute Gasteiger partial charge is 0.456 e. The van der Waals surface area contributed by atoms with Gasteiger partial charge in [-0.1, -0.05) is 20.4 Å². The first-order chi connectivity index (χ1) is 18.2. The van der Waals surface area contributed by atoms with Crippen molar-refractivity contribution in [3.05, 3.63) is 12.7 Å². The molecular weight excluding hydrogens is 476 g/mol. The van der Waals surface area contributed by atoms with Crippen LogP contribution in [0.3, 0.4) is 0 Å². The van der Waals surface area contributed by atoms with E-state index in [1.807, 2.05) is 0 Å². The van der Waals surface area contributed by atoms with E-state index in [0.717, 1.165) is 56.6 Å². The molecule has 0 radical (unpaired) electrons. The number of carbonyl (C=O) groups excluding carboxylic acids is 1. The van der Waals surface area contributed by atoms with Crippen LogP contribution in [0.5, 0.6) is 0 Å². The van der Waals surface area contributed by atoms with Crippen molar-refractivity contribution < 1.29 is 23.9 Å². The van der Waals surface area contributed by atoms with Crippen LogP contribution in [-0.2, 0) is 14.3 Å². The summed E-state index contributed by atoms with van der Waals surface area (Å²) in [6.45, 7) is 17.7. The summed E-state index contributed by atoms with van der Waals surface area (Å²) in [5, 5.41) is 11.3. The lowest BCUT2D eigenvalue weighted by molar-refractivity contribution is -0.937. The van der Waals surface area contributed by atoms with E-state index in [2.05, 4.69) is 31.4 Å². The van der Waals surface area contributed by atoms with Crippen LogP contribution < -0.4 is 0 Å². The van der Waals surface area contributed by atoms with E-state index in [9.17, 15) is 9.90 Å². The van der Waals surface area contributed by atoms with Crippen molar-refractivity contribution in [2.24, 2.45) is 34.5 Å². The second kappa shape index (κ2) is 10.2. The number of ether oxygens (including phenoxy) is 2. The standard InChI is InChI=1S/C32H53N2O4/c1-5-14-34(15-6-7-16-34)28-20-26-24-9-8-23-19-29(36)27(33-12-17-37-18-13-33)21-32(23,4)25(24)10-11-31(26,3)30(28)38-22(2)35/h5,23-30,36H,1,6-21H2,2-4H3/q+1/t23-,24+,25-,26-,27-,28+,29-,30-,31-,32-/m0/s1. The zero-order valence-electron chi connectivity index (χ0n) is 24.3. The second-order valence-electron chi connectivity index (χ2n) is 14.6. The molecule has 0 aromatic carbocycles. The second-order valence-corrected chi connectivity index (χ2v) is 14.6. The van der Waals surface area contributed by atoms with E-state index in [1.54, 1.807) is 6.92 Å². The predicted octanol–water partition coefficient (Wildman–Crippen LogP) is 4.41. The van der Waals surface area contributed by atoms with Crippen LogP contribution in [0.4, 0.5) is 0 Å². The molecule has 0 spiro atoms. The summed E-state index contributed by atoms with van der Waals surface area (Å²) >= 11 is 0. The van der Waals surface area contributed by atoms with Crippen LogP contribution in [0.25, 0.3) is 0 Å². The minimum Gasteiger partial charge on any atom is -0.456 e. The zero-order chi connectivity index (χ0) is 26.7. The molecule has 2 saturated heterocycles. The van der Waals surface area contributed by atoms with Gasteiger partial charge in [0.15, 0.2) is 6.10 Å². The highest BCUT2D eigenvalue weighted by Crippen LogP contribution is 2.67. The molecule has 6 aliphatic rings. The normalized spacial score (nSPS) is 48.5. The number of fused-ring (bicyclic) bond motifs is 5. The van der Waals surface area contributed by atoms with E-state index in [1.165, 1.54) is 51.6 Å². The number of rotatable bonds is 5. The van der Waals surface area contributed by atoms with Gasteiger partial charge in [0, 0.05) is 50.7 Å². The van der Waals surface area contributed by atoms with Gasteiger partial charge in [-0.2, -0.15) is 0 Å². The van der Waals surface area contributed by atoms with E-state index in [0.29, 0.717) is 29.7 Å². The number of aliphatic hydroxyl groups excluding tert-OH is 1. The Balaban J connectivity index is 1.30. The van der Waals surface area contributed by atoms with Gasteiger partial charge in [-0.05, 0) is 73.7 Å². The molecule has 10 atom stereocenters. The molecule has 214 valence electrons. The first-order valence-electron chi connectivity index (χ1n) is 15.9. The number of esters is 1. The summed E-state index contributed by atoms with van der Waals surface area (Å²) in [7, 11) is 0. The number of quaternary nitrogens is 1. The number of hydrogen-bond acceptors (Lipinski definition) is 5. The number of morpholine rings is 1. The predicted molar refractivity (Wildman–Crippen MR) is 148 cm³/mol. The molecule has 38 heavy (non-hydrogen) atoms. The Labute approximate surface area is 230 Å². The summed E-state index contributed by atoms with van der Waals surface area (Å²) in [5.74, 6) is 2.54. The van der Waals surface area contributed by atoms with Gasteiger partial charge in [-0.3, -0.25) is 9.69 Å². The van der Waals surface area contributed by atoms with Crippen molar-refractivity contribution >= 4 is 5.97 Å². The minimum absolute atomic E-state index is 0.0174. The number of aliphatic hydroxyl groups is 1. The highest BCUT2D eigenvalue weighted by atomic mass is 16.5. The molecule has 4 saturated carbocycles. The van der Waals surface area contributed by atoms with Crippen LogP contribution in [0.1, 0.15) is 78.6 Å². The monoisotopic (exact) mass is 529 g/mol. The molecule has 0 bridgehead atoms. The van der Waals surface area contributed by atoms with Gasteiger partial charge in [0.25, 0.3) is 0 Å². The average molecular weight is 530 g/mol. The first kappa shape index (κ1) is 27.2. The summed E-state index contributed by atoms with van der Waals surface area (Å²) in [6.07, 6.45) is 12.7. The Bertz CT molecular complexity index is 898. The third-order valence-corrected chi connectivity index (χ3v) is 13.1. The van der Waals surface area contributed by atoms with Crippen LogP contribution in [-0.4, -0.2) is 90.7 Å². The van der Waals surface area contributed by atoms with E-state index >= 15 is 0 Å². The Kier molecular flexibility index (Phi) is 7.27. The number of carbonyl (C=O) groups is 1. The molecule has 2 aliphatic heterocycles. The maximum absolute atomic E-state index is 12.5. The fourth-order valence-corrected chi connectivity index (χ4v) is 11.3. The Morgan fingerprint density at radius 1 is 1.11 bits per heavy atom. The molecular formula is C32H53N2O4+. The molecule has 0 unspecified atom stereocenters. The maximum atomic E-state index is 12.5. The molecule has 4 aliphatic carbocycles. The van der Waals surface area contributed by atoms with Gasteiger partial charge in [0.05, 0.1) is 39.0 Å². The Morgan fingerprint density at radius 2 is 1.84 bits per heavy atom.